The fourth-order valence-corrected chi connectivity index (χ4v) is 5.95. The summed E-state index contributed by atoms with van der Waals surface area (Å²) in [7, 11) is -3.48. The highest BCUT2D eigenvalue weighted by atomic mass is 35.5. The molecule has 3 unspecified atom stereocenters. The Bertz CT molecular complexity index is 1030. The molecule has 8 heteroatoms. The zero-order valence-corrected chi connectivity index (χ0v) is 18.5. The van der Waals surface area contributed by atoms with Gasteiger partial charge in [-0.3, -0.25) is 4.90 Å². The van der Waals surface area contributed by atoms with E-state index in [0.717, 1.165) is 44.2 Å². The summed E-state index contributed by atoms with van der Waals surface area (Å²) in [6, 6.07) is 11.6. The largest absolute Gasteiger partial charge is 0.482 e. The number of hydrogen-bond acceptors (Lipinski definition) is 5. The van der Waals surface area contributed by atoms with Gasteiger partial charge in [-0.05, 0) is 49.1 Å². The van der Waals surface area contributed by atoms with Crippen LogP contribution in [0.15, 0.2) is 41.3 Å². The first-order chi connectivity index (χ1) is 13.8. The number of nitrogens with zero attached hydrogens (tertiary/aromatic N) is 1. The molecule has 2 aliphatic rings. The van der Waals surface area contributed by atoms with Crippen molar-refractivity contribution in [2.24, 2.45) is 5.73 Å². The Morgan fingerprint density at radius 1 is 1.14 bits per heavy atom. The van der Waals surface area contributed by atoms with Crippen LogP contribution in [-0.2, 0) is 16.3 Å². The standard InChI is InChI=1S/C21H24Cl2N2O3S/c1-29(26,27)18-9-8-17(19(22)20(18)23)28-21-15-7-3-2-5-13(15)11-16(21)25-10-4-6-14(24)12-25/h2-3,5,7-9,14,16,21H,4,6,10-12,24H2,1H3. The van der Waals surface area contributed by atoms with Gasteiger partial charge in [0.2, 0.25) is 0 Å². The van der Waals surface area contributed by atoms with Crippen molar-refractivity contribution in [3.8, 4) is 5.75 Å². The molecule has 0 radical (unpaired) electrons. The number of fused-ring (bicyclic) bond motifs is 1. The maximum Gasteiger partial charge on any atom is 0.177 e. The van der Waals surface area contributed by atoms with Crippen LogP contribution in [0.4, 0.5) is 0 Å². The van der Waals surface area contributed by atoms with Crippen LogP contribution in [0.25, 0.3) is 0 Å². The van der Waals surface area contributed by atoms with Gasteiger partial charge in [0.1, 0.15) is 16.9 Å². The van der Waals surface area contributed by atoms with Gasteiger partial charge in [-0.2, -0.15) is 0 Å². The molecule has 156 valence electrons. The number of halogens is 2. The minimum atomic E-state index is -3.48. The lowest BCUT2D eigenvalue weighted by molar-refractivity contribution is 0.0593. The van der Waals surface area contributed by atoms with E-state index < -0.39 is 9.84 Å². The quantitative estimate of drug-likeness (QED) is 0.758. The third-order valence-electron chi connectivity index (χ3n) is 5.76. The first kappa shape index (κ1) is 20.9. The molecule has 1 saturated heterocycles. The Morgan fingerprint density at radius 2 is 1.90 bits per heavy atom. The van der Waals surface area contributed by atoms with Crippen molar-refractivity contribution in [1.82, 2.24) is 4.90 Å². The number of benzene rings is 2. The maximum absolute atomic E-state index is 11.9. The zero-order valence-electron chi connectivity index (χ0n) is 16.1. The van der Waals surface area contributed by atoms with E-state index in [2.05, 4.69) is 17.0 Å². The second-order valence-corrected chi connectivity index (χ2v) is 10.6. The molecule has 0 saturated carbocycles. The van der Waals surface area contributed by atoms with E-state index in [1.54, 1.807) is 6.07 Å². The van der Waals surface area contributed by atoms with Crippen molar-refractivity contribution in [1.29, 1.82) is 0 Å². The predicted molar refractivity (Wildman–Crippen MR) is 116 cm³/mol. The smallest absolute Gasteiger partial charge is 0.177 e. The lowest BCUT2D eigenvalue weighted by atomic mass is 10.0. The van der Waals surface area contributed by atoms with Gasteiger partial charge in [0.25, 0.3) is 0 Å². The molecule has 5 nitrogen and oxygen atoms in total. The summed E-state index contributed by atoms with van der Waals surface area (Å²) in [5, 5.41) is 0.113. The highest BCUT2D eigenvalue weighted by Gasteiger charge is 2.39. The summed E-state index contributed by atoms with van der Waals surface area (Å²) in [5.41, 5.74) is 8.59. The van der Waals surface area contributed by atoms with E-state index in [9.17, 15) is 8.42 Å². The Labute approximate surface area is 181 Å². The summed E-state index contributed by atoms with van der Waals surface area (Å²) in [4.78, 5) is 2.40. The van der Waals surface area contributed by atoms with Crippen LogP contribution < -0.4 is 10.5 Å². The normalized spacial score (nSPS) is 25.0. The molecular formula is C21H24Cl2N2O3S. The summed E-state index contributed by atoms with van der Waals surface area (Å²) in [6.07, 6.45) is 3.86. The van der Waals surface area contributed by atoms with Crippen molar-refractivity contribution in [3.05, 3.63) is 57.6 Å². The lowest BCUT2D eigenvalue weighted by Gasteiger charge is -2.38. The molecular weight excluding hydrogens is 431 g/mol. The van der Waals surface area contributed by atoms with Crippen LogP contribution in [0.2, 0.25) is 10.0 Å². The van der Waals surface area contributed by atoms with Crippen molar-refractivity contribution >= 4 is 33.0 Å². The molecule has 0 amide bonds. The van der Waals surface area contributed by atoms with E-state index in [1.165, 1.54) is 11.6 Å². The van der Waals surface area contributed by atoms with Crippen molar-refractivity contribution in [3.63, 3.8) is 0 Å². The number of rotatable bonds is 4. The first-order valence-corrected chi connectivity index (χ1v) is 12.3. The van der Waals surface area contributed by atoms with Gasteiger partial charge in [-0.25, -0.2) is 8.42 Å². The Hall–Kier alpha value is -1.31. The van der Waals surface area contributed by atoms with Crippen molar-refractivity contribution in [2.75, 3.05) is 19.3 Å². The molecule has 2 aromatic rings. The van der Waals surface area contributed by atoms with Crippen LogP contribution in [0.3, 0.4) is 0 Å². The van der Waals surface area contributed by atoms with Gasteiger partial charge in [0, 0.05) is 18.8 Å². The van der Waals surface area contributed by atoms with Crippen LogP contribution in [0, 0.1) is 0 Å². The number of piperidine rings is 1. The molecule has 1 heterocycles. The lowest BCUT2D eigenvalue weighted by Crippen LogP contribution is -2.49. The predicted octanol–water partition coefficient (Wildman–Crippen LogP) is 3.86. The number of likely N-dealkylation sites (tertiary alicyclic amines) is 1. The van der Waals surface area contributed by atoms with Gasteiger partial charge in [-0.1, -0.05) is 47.5 Å². The Morgan fingerprint density at radius 3 is 2.62 bits per heavy atom. The minimum Gasteiger partial charge on any atom is -0.482 e. The third-order valence-corrected chi connectivity index (χ3v) is 7.88. The van der Waals surface area contributed by atoms with Gasteiger partial charge >= 0.3 is 0 Å². The SMILES string of the molecule is CS(=O)(=O)c1ccc(OC2c3ccccc3CC2N2CCCC(N)C2)c(Cl)c1Cl. The number of hydrogen-bond donors (Lipinski definition) is 1. The second kappa shape index (κ2) is 8.08. The number of nitrogens with two attached hydrogens (primary N) is 1. The van der Waals surface area contributed by atoms with Crippen LogP contribution in [-0.4, -0.2) is 44.7 Å². The third kappa shape index (κ3) is 4.14. The maximum atomic E-state index is 11.9. The highest BCUT2D eigenvalue weighted by molar-refractivity contribution is 7.90. The average molecular weight is 455 g/mol. The van der Waals surface area contributed by atoms with E-state index in [0.29, 0.717) is 5.75 Å². The molecule has 0 spiro atoms. The Kier molecular flexibility index (Phi) is 5.84. The van der Waals surface area contributed by atoms with Gasteiger partial charge < -0.3 is 10.5 Å². The summed E-state index contributed by atoms with van der Waals surface area (Å²) < 4.78 is 30.2. The summed E-state index contributed by atoms with van der Waals surface area (Å²) in [5.74, 6) is 0.386. The topological polar surface area (TPSA) is 72.6 Å². The van der Waals surface area contributed by atoms with Gasteiger partial charge in [-0.15, -0.1) is 0 Å². The zero-order chi connectivity index (χ0) is 20.8. The Balaban J connectivity index is 1.69. The molecule has 0 bridgehead atoms. The van der Waals surface area contributed by atoms with E-state index in [4.69, 9.17) is 33.7 Å². The second-order valence-electron chi connectivity index (χ2n) is 7.87. The van der Waals surface area contributed by atoms with Crippen LogP contribution in [0.5, 0.6) is 5.75 Å². The number of sulfone groups is 1. The molecule has 1 aliphatic heterocycles. The molecule has 2 N–H and O–H groups in total. The molecule has 4 rings (SSSR count). The average Bonchev–Trinajstić information content (AvgIpc) is 3.03. The first-order valence-electron chi connectivity index (χ1n) is 9.68. The van der Waals surface area contributed by atoms with Crippen molar-refractivity contribution in [2.45, 2.75) is 42.3 Å². The van der Waals surface area contributed by atoms with Crippen molar-refractivity contribution < 1.29 is 13.2 Å². The van der Waals surface area contributed by atoms with E-state index >= 15 is 0 Å². The van der Waals surface area contributed by atoms with E-state index in [-0.39, 0.29) is 33.1 Å². The van der Waals surface area contributed by atoms with Gasteiger partial charge in [0.15, 0.2) is 9.84 Å². The molecule has 29 heavy (non-hydrogen) atoms. The molecule has 1 fully saturated rings. The van der Waals surface area contributed by atoms with Crippen LogP contribution >= 0.6 is 23.2 Å². The van der Waals surface area contributed by atoms with Gasteiger partial charge in [0.05, 0.1) is 16.0 Å². The molecule has 0 aromatic heterocycles. The number of ether oxygens (including phenoxy) is 1. The van der Waals surface area contributed by atoms with E-state index in [1.807, 2.05) is 12.1 Å². The molecule has 3 atom stereocenters. The summed E-state index contributed by atoms with van der Waals surface area (Å²) >= 11 is 12.7. The molecule has 2 aromatic carbocycles. The fourth-order valence-electron chi connectivity index (χ4n) is 4.37. The molecule has 1 aliphatic carbocycles. The van der Waals surface area contributed by atoms with Crippen LogP contribution in [0.1, 0.15) is 30.1 Å². The fraction of sp³-hybridized carbons (Fsp3) is 0.429. The summed E-state index contributed by atoms with van der Waals surface area (Å²) in [6.45, 7) is 1.81. The monoisotopic (exact) mass is 454 g/mol. The minimum absolute atomic E-state index is 0.00175. The highest BCUT2D eigenvalue weighted by Crippen LogP contribution is 2.43.